The molecule has 0 N–H and O–H groups in total. The Balaban J connectivity index is 1.99. The fraction of sp³-hybridized carbons (Fsp3) is 0.600. The second-order valence-corrected chi connectivity index (χ2v) is 6.07. The lowest BCUT2D eigenvalue weighted by Gasteiger charge is -2.16. The second-order valence-electron chi connectivity index (χ2n) is 5.14. The number of alkyl halides is 1. The van der Waals surface area contributed by atoms with E-state index in [4.69, 9.17) is 27.9 Å². The summed E-state index contributed by atoms with van der Waals surface area (Å²) in [4.78, 5) is 0. The van der Waals surface area contributed by atoms with Gasteiger partial charge in [-0.3, -0.25) is 0 Å². The molecule has 1 aromatic rings. The van der Waals surface area contributed by atoms with E-state index in [0.29, 0.717) is 6.10 Å². The lowest BCUT2D eigenvalue weighted by molar-refractivity contribution is 0.102. The highest BCUT2D eigenvalue weighted by Crippen LogP contribution is 2.34. The summed E-state index contributed by atoms with van der Waals surface area (Å²) >= 11 is 12.8. The summed E-state index contributed by atoms with van der Waals surface area (Å²) in [7, 11) is 0. The van der Waals surface area contributed by atoms with Crippen LogP contribution in [0.25, 0.3) is 0 Å². The number of hydrogen-bond acceptors (Lipinski definition) is 1. The van der Waals surface area contributed by atoms with Crippen LogP contribution in [0.15, 0.2) is 12.1 Å². The van der Waals surface area contributed by atoms with Crippen molar-refractivity contribution in [3.8, 4) is 0 Å². The Kier molecular flexibility index (Phi) is 4.94. The Hall–Kier alpha value is -0.240. The predicted octanol–water partition coefficient (Wildman–Crippen LogP) is 5.20. The van der Waals surface area contributed by atoms with E-state index in [0.717, 1.165) is 30.0 Å². The molecule has 1 fully saturated rings. The summed E-state index contributed by atoms with van der Waals surface area (Å²) in [5.41, 5.74) is 3.52. The molecule has 0 spiro atoms. The van der Waals surface area contributed by atoms with E-state index in [9.17, 15) is 0 Å². The van der Waals surface area contributed by atoms with Crippen molar-refractivity contribution in [3.63, 3.8) is 0 Å². The molecular formula is C15H20Cl2O. The summed E-state index contributed by atoms with van der Waals surface area (Å²) in [5, 5.41) is 0.770. The molecule has 3 heteroatoms. The number of halogens is 2. The molecule has 0 amide bonds. The molecule has 2 unspecified atom stereocenters. The van der Waals surface area contributed by atoms with E-state index in [1.54, 1.807) is 0 Å². The van der Waals surface area contributed by atoms with Gasteiger partial charge in [-0.25, -0.2) is 0 Å². The van der Waals surface area contributed by atoms with Crippen molar-refractivity contribution in [2.75, 3.05) is 6.61 Å². The third-order valence-electron chi connectivity index (χ3n) is 3.72. The van der Waals surface area contributed by atoms with Crippen molar-refractivity contribution in [2.45, 2.75) is 51.0 Å². The topological polar surface area (TPSA) is 9.23 Å². The highest BCUT2D eigenvalue weighted by Gasteiger charge is 2.19. The maximum Gasteiger partial charge on any atom is 0.0601 e. The number of aryl methyl sites for hydroxylation is 2. The average molecular weight is 287 g/mol. The molecule has 1 aromatic carbocycles. The van der Waals surface area contributed by atoms with Gasteiger partial charge in [-0.1, -0.05) is 17.7 Å². The number of hydrogen-bond donors (Lipinski definition) is 0. The summed E-state index contributed by atoms with van der Waals surface area (Å²) in [6.07, 6.45) is 4.70. The van der Waals surface area contributed by atoms with Crippen LogP contribution in [0.4, 0.5) is 0 Å². The van der Waals surface area contributed by atoms with Crippen LogP contribution in [0, 0.1) is 13.8 Å². The largest absolute Gasteiger partial charge is 0.378 e. The monoisotopic (exact) mass is 286 g/mol. The minimum Gasteiger partial charge on any atom is -0.378 e. The highest BCUT2D eigenvalue weighted by atomic mass is 35.5. The van der Waals surface area contributed by atoms with Gasteiger partial charge < -0.3 is 4.74 Å². The summed E-state index contributed by atoms with van der Waals surface area (Å²) in [6.45, 7) is 5.07. The van der Waals surface area contributed by atoms with Gasteiger partial charge in [0.1, 0.15) is 0 Å². The molecule has 0 saturated carbocycles. The predicted molar refractivity (Wildman–Crippen MR) is 77.7 cm³/mol. The zero-order valence-electron chi connectivity index (χ0n) is 11.0. The normalized spacial score (nSPS) is 21.2. The molecule has 2 atom stereocenters. The minimum absolute atomic E-state index is 0.0130. The Morgan fingerprint density at radius 2 is 2.06 bits per heavy atom. The van der Waals surface area contributed by atoms with E-state index in [2.05, 4.69) is 19.9 Å². The first-order valence-corrected chi connectivity index (χ1v) is 7.41. The molecule has 1 aliphatic rings. The van der Waals surface area contributed by atoms with Gasteiger partial charge >= 0.3 is 0 Å². The molecule has 1 heterocycles. The molecule has 1 saturated heterocycles. The molecule has 0 bridgehead atoms. The van der Waals surface area contributed by atoms with Gasteiger partial charge in [-0.15, -0.1) is 11.6 Å². The van der Waals surface area contributed by atoms with Gasteiger partial charge in [-0.05, 0) is 62.3 Å². The summed E-state index contributed by atoms with van der Waals surface area (Å²) in [6, 6.07) is 4.12. The molecule has 2 rings (SSSR count). The van der Waals surface area contributed by atoms with Crippen LogP contribution >= 0.6 is 23.2 Å². The van der Waals surface area contributed by atoms with Crippen LogP contribution in [-0.2, 0) is 4.74 Å². The van der Waals surface area contributed by atoms with E-state index >= 15 is 0 Å². The summed E-state index contributed by atoms with van der Waals surface area (Å²) in [5.74, 6) is 0. The zero-order chi connectivity index (χ0) is 13.1. The molecular weight excluding hydrogens is 267 g/mol. The van der Waals surface area contributed by atoms with Gasteiger partial charge in [0.05, 0.1) is 11.5 Å². The molecule has 1 aliphatic heterocycles. The SMILES string of the molecule is Cc1cc(Cl)c(C(Cl)CCC2CCCO2)cc1C. The van der Waals surface area contributed by atoms with Crippen molar-refractivity contribution >= 4 is 23.2 Å². The fourth-order valence-electron chi connectivity index (χ4n) is 2.40. The molecule has 0 aromatic heterocycles. The fourth-order valence-corrected chi connectivity index (χ4v) is 3.12. The lowest BCUT2D eigenvalue weighted by atomic mass is 10.00. The van der Waals surface area contributed by atoms with Crippen LogP contribution in [0.5, 0.6) is 0 Å². The second kappa shape index (κ2) is 6.27. The smallest absolute Gasteiger partial charge is 0.0601 e. The van der Waals surface area contributed by atoms with E-state index in [1.165, 1.54) is 24.0 Å². The molecule has 0 radical (unpaired) electrons. The van der Waals surface area contributed by atoms with Crippen molar-refractivity contribution in [2.24, 2.45) is 0 Å². The zero-order valence-corrected chi connectivity index (χ0v) is 12.5. The van der Waals surface area contributed by atoms with Crippen LogP contribution in [0.3, 0.4) is 0 Å². The van der Waals surface area contributed by atoms with Crippen LogP contribution in [0.2, 0.25) is 5.02 Å². The Labute approximate surface area is 119 Å². The maximum absolute atomic E-state index is 6.47. The standard InChI is InChI=1S/C15H20Cl2O/c1-10-8-13(15(17)9-11(10)2)14(16)6-5-12-4-3-7-18-12/h8-9,12,14H,3-7H2,1-2H3. The van der Waals surface area contributed by atoms with Crippen LogP contribution < -0.4 is 0 Å². The van der Waals surface area contributed by atoms with Crippen molar-refractivity contribution in [3.05, 3.63) is 33.8 Å². The number of rotatable bonds is 4. The maximum atomic E-state index is 6.47. The number of ether oxygens (including phenoxy) is 1. The third-order valence-corrected chi connectivity index (χ3v) is 4.50. The first-order chi connectivity index (χ1) is 8.58. The van der Waals surface area contributed by atoms with E-state index in [1.807, 2.05) is 6.07 Å². The highest BCUT2D eigenvalue weighted by molar-refractivity contribution is 6.32. The third kappa shape index (κ3) is 3.40. The number of benzene rings is 1. The van der Waals surface area contributed by atoms with Crippen molar-refractivity contribution < 1.29 is 4.74 Å². The first kappa shape index (κ1) is 14.2. The van der Waals surface area contributed by atoms with E-state index in [-0.39, 0.29) is 5.38 Å². The van der Waals surface area contributed by atoms with Crippen molar-refractivity contribution in [1.29, 1.82) is 0 Å². The van der Waals surface area contributed by atoms with Gasteiger partial charge in [0.25, 0.3) is 0 Å². The lowest BCUT2D eigenvalue weighted by Crippen LogP contribution is -2.06. The van der Waals surface area contributed by atoms with Gasteiger partial charge in [0.2, 0.25) is 0 Å². The molecule has 1 nitrogen and oxygen atoms in total. The van der Waals surface area contributed by atoms with Gasteiger partial charge in [0.15, 0.2) is 0 Å². The van der Waals surface area contributed by atoms with Gasteiger partial charge in [0, 0.05) is 11.6 Å². The first-order valence-electron chi connectivity index (χ1n) is 6.60. The molecule has 0 aliphatic carbocycles. The van der Waals surface area contributed by atoms with Crippen LogP contribution in [0.1, 0.15) is 47.8 Å². The Bertz CT molecular complexity index is 411. The average Bonchev–Trinajstić information content (AvgIpc) is 2.84. The molecule has 18 heavy (non-hydrogen) atoms. The quantitative estimate of drug-likeness (QED) is 0.692. The Morgan fingerprint density at radius 1 is 1.33 bits per heavy atom. The summed E-state index contributed by atoms with van der Waals surface area (Å²) < 4.78 is 5.62. The Morgan fingerprint density at radius 3 is 2.72 bits per heavy atom. The van der Waals surface area contributed by atoms with Crippen LogP contribution in [-0.4, -0.2) is 12.7 Å². The van der Waals surface area contributed by atoms with Crippen molar-refractivity contribution in [1.82, 2.24) is 0 Å². The van der Waals surface area contributed by atoms with E-state index < -0.39 is 0 Å². The molecule has 100 valence electrons. The minimum atomic E-state index is -0.0130. The van der Waals surface area contributed by atoms with Gasteiger partial charge in [-0.2, -0.15) is 0 Å².